The summed E-state index contributed by atoms with van der Waals surface area (Å²) in [6, 6.07) is 0.305. The molecule has 1 heterocycles. The molecule has 0 saturated heterocycles. The van der Waals surface area contributed by atoms with Crippen LogP contribution < -0.4 is 5.32 Å². The number of aromatic nitrogens is 1. The molecule has 1 atom stereocenters. The van der Waals surface area contributed by atoms with Crippen LogP contribution in [-0.4, -0.2) is 11.5 Å². The summed E-state index contributed by atoms with van der Waals surface area (Å²) in [4.78, 5) is 4.40. The highest BCUT2D eigenvalue weighted by molar-refractivity contribution is 7.09. The molecule has 1 rings (SSSR count). The van der Waals surface area contributed by atoms with E-state index in [4.69, 9.17) is 0 Å². The van der Waals surface area contributed by atoms with E-state index in [1.807, 2.05) is 13.8 Å². The van der Waals surface area contributed by atoms with Gasteiger partial charge >= 0.3 is 0 Å². The van der Waals surface area contributed by atoms with Crippen LogP contribution in [0.1, 0.15) is 30.6 Å². The first kappa shape index (κ1) is 10.2. The second-order valence-electron chi connectivity index (χ2n) is 2.86. The van der Waals surface area contributed by atoms with Gasteiger partial charge in [-0.1, -0.05) is 5.92 Å². The van der Waals surface area contributed by atoms with Gasteiger partial charge in [0.05, 0.1) is 12.6 Å². The summed E-state index contributed by atoms with van der Waals surface area (Å²) in [7, 11) is 0. The van der Waals surface area contributed by atoms with Crippen molar-refractivity contribution in [1.29, 1.82) is 0 Å². The summed E-state index contributed by atoms with van der Waals surface area (Å²) in [5.41, 5.74) is 1.09. The average molecular weight is 194 g/mol. The van der Waals surface area contributed by atoms with E-state index in [9.17, 15) is 0 Å². The van der Waals surface area contributed by atoms with Crippen molar-refractivity contribution in [3.8, 4) is 11.8 Å². The Morgan fingerprint density at radius 2 is 2.46 bits per heavy atom. The second-order valence-corrected chi connectivity index (χ2v) is 3.75. The predicted molar refractivity (Wildman–Crippen MR) is 56.7 cm³/mol. The van der Waals surface area contributed by atoms with Gasteiger partial charge < -0.3 is 0 Å². The average Bonchev–Trinajstić information content (AvgIpc) is 2.52. The largest absolute Gasteiger partial charge is 0.297 e. The lowest BCUT2D eigenvalue weighted by molar-refractivity contribution is 0.618. The summed E-state index contributed by atoms with van der Waals surface area (Å²) in [6.07, 6.45) is 0. The highest BCUT2D eigenvalue weighted by Gasteiger charge is 2.06. The van der Waals surface area contributed by atoms with Gasteiger partial charge in [-0.05, 0) is 20.8 Å². The first-order valence-corrected chi connectivity index (χ1v) is 5.17. The minimum atomic E-state index is 0.305. The predicted octanol–water partition coefficient (Wildman–Crippen LogP) is 2.13. The molecule has 0 amide bonds. The Balaban J connectivity index is 2.47. The number of hydrogen-bond acceptors (Lipinski definition) is 3. The van der Waals surface area contributed by atoms with Crippen molar-refractivity contribution >= 4 is 11.3 Å². The molecule has 1 aromatic rings. The number of nitrogens with zero attached hydrogens (tertiary/aromatic N) is 1. The molecule has 1 unspecified atom stereocenters. The van der Waals surface area contributed by atoms with Crippen molar-refractivity contribution in [3.63, 3.8) is 0 Å². The molecule has 70 valence electrons. The summed E-state index contributed by atoms with van der Waals surface area (Å²) in [6.45, 7) is 6.70. The van der Waals surface area contributed by atoms with Gasteiger partial charge in [0.2, 0.25) is 0 Å². The molecule has 13 heavy (non-hydrogen) atoms. The van der Waals surface area contributed by atoms with Gasteiger partial charge in [0.25, 0.3) is 0 Å². The van der Waals surface area contributed by atoms with Crippen molar-refractivity contribution in [1.82, 2.24) is 10.3 Å². The highest BCUT2D eigenvalue weighted by Crippen LogP contribution is 2.16. The Morgan fingerprint density at radius 1 is 1.69 bits per heavy atom. The number of thiazole rings is 1. The Kier molecular flexibility index (Phi) is 3.94. The van der Waals surface area contributed by atoms with Crippen LogP contribution in [0.3, 0.4) is 0 Å². The molecule has 0 aliphatic heterocycles. The molecular formula is C10H14N2S. The van der Waals surface area contributed by atoms with Gasteiger partial charge in [-0.25, -0.2) is 4.98 Å². The van der Waals surface area contributed by atoms with Crippen molar-refractivity contribution < 1.29 is 0 Å². The van der Waals surface area contributed by atoms with E-state index in [2.05, 4.69) is 34.4 Å². The van der Waals surface area contributed by atoms with E-state index in [-0.39, 0.29) is 0 Å². The quantitative estimate of drug-likeness (QED) is 0.746. The zero-order valence-electron chi connectivity index (χ0n) is 8.22. The minimum absolute atomic E-state index is 0.305. The van der Waals surface area contributed by atoms with Crippen LogP contribution in [0.2, 0.25) is 0 Å². The first-order valence-electron chi connectivity index (χ1n) is 4.29. The van der Waals surface area contributed by atoms with Crippen molar-refractivity contribution in [2.24, 2.45) is 0 Å². The maximum absolute atomic E-state index is 4.40. The molecule has 0 bridgehead atoms. The van der Waals surface area contributed by atoms with Crippen molar-refractivity contribution in [3.05, 3.63) is 16.1 Å². The molecule has 0 aliphatic rings. The Morgan fingerprint density at radius 3 is 3.00 bits per heavy atom. The Labute approximate surface area is 83.4 Å². The molecule has 0 aromatic carbocycles. The minimum Gasteiger partial charge on any atom is -0.297 e. The fourth-order valence-electron chi connectivity index (χ4n) is 0.951. The zero-order chi connectivity index (χ0) is 9.68. The van der Waals surface area contributed by atoms with Crippen LogP contribution in [-0.2, 0) is 0 Å². The topological polar surface area (TPSA) is 24.9 Å². The zero-order valence-corrected chi connectivity index (χ0v) is 9.03. The summed E-state index contributed by atoms with van der Waals surface area (Å²) in [5.74, 6) is 5.82. The third-order valence-corrected chi connectivity index (χ3v) is 2.83. The maximum atomic E-state index is 4.40. The van der Waals surface area contributed by atoms with E-state index in [0.717, 1.165) is 17.2 Å². The van der Waals surface area contributed by atoms with E-state index in [1.165, 1.54) is 0 Å². The van der Waals surface area contributed by atoms with Crippen LogP contribution >= 0.6 is 11.3 Å². The van der Waals surface area contributed by atoms with Crippen molar-refractivity contribution in [2.75, 3.05) is 6.54 Å². The molecular weight excluding hydrogens is 180 g/mol. The van der Waals surface area contributed by atoms with Gasteiger partial charge in [0, 0.05) is 11.1 Å². The smallest absolute Gasteiger partial charge is 0.110 e. The SMILES string of the molecule is CC#CCNC(C)c1nc(C)cs1. The normalized spacial score (nSPS) is 11.9. The lowest BCUT2D eigenvalue weighted by Crippen LogP contribution is -2.18. The lowest BCUT2D eigenvalue weighted by atomic mass is 10.3. The molecule has 3 heteroatoms. The molecule has 1 aromatic heterocycles. The Hall–Kier alpha value is -0.850. The first-order chi connectivity index (χ1) is 6.24. The van der Waals surface area contributed by atoms with Gasteiger partial charge in [0.15, 0.2) is 0 Å². The third-order valence-electron chi connectivity index (χ3n) is 1.68. The fourth-order valence-corrected chi connectivity index (χ4v) is 1.78. The molecule has 2 nitrogen and oxygen atoms in total. The number of aryl methyl sites for hydroxylation is 1. The lowest BCUT2D eigenvalue weighted by Gasteiger charge is -2.07. The molecule has 0 saturated carbocycles. The fraction of sp³-hybridized carbons (Fsp3) is 0.500. The molecule has 0 aliphatic carbocycles. The van der Waals surface area contributed by atoms with Gasteiger partial charge in [0.1, 0.15) is 5.01 Å². The summed E-state index contributed by atoms with van der Waals surface area (Å²) in [5, 5.41) is 6.49. The molecule has 1 N–H and O–H groups in total. The van der Waals surface area contributed by atoms with E-state index < -0.39 is 0 Å². The highest BCUT2D eigenvalue weighted by atomic mass is 32.1. The second kappa shape index (κ2) is 5.00. The maximum Gasteiger partial charge on any atom is 0.110 e. The van der Waals surface area contributed by atoms with Crippen LogP contribution in [0, 0.1) is 18.8 Å². The third kappa shape index (κ3) is 3.17. The van der Waals surface area contributed by atoms with E-state index in [1.54, 1.807) is 11.3 Å². The Bertz CT molecular complexity index is 319. The van der Waals surface area contributed by atoms with Crippen LogP contribution in [0.15, 0.2) is 5.38 Å². The van der Waals surface area contributed by atoms with E-state index >= 15 is 0 Å². The monoisotopic (exact) mass is 194 g/mol. The summed E-state index contributed by atoms with van der Waals surface area (Å²) >= 11 is 1.69. The van der Waals surface area contributed by atoms with Gasteiger partial charge in [-0.15, -0.1) is 17.3 Å². The van der Waals surface area contributed by atoms with Gasteiger partial charge in [-0.2, -0.15) is 0 Å². The molecule has 0 radical (unpaired) electrons. The molecule has 0 spiro atoms. The standard InChI is InChI=1S/C10H14N2S/c1-4-5-6-11-9(3)10-12-8(2)7-13-10/h7,9,11H,6H2,1-3H3. The van der Waals surface area contributed by atoms with Crippen LogP contribution in [0.5, 0.6) is 0 Å². The van der Waals surface area contributed by atoms with Crippen LogP contribution in [0.4, 0.5) is 0 Å². The molecule has 0 fully saturated rings. The number of hydrogen-bond donors (Lipinski definition) is 1. The summed E-state index contributed by atoms with van der Waals surface area (Å²) < 4.78 is 0. The van der Waals surface area contributed by atoms with E-state index in [0.29, 0.717) is 6.04 Å². The van der Waals surface area contributed by atoms with Gasteiger partial charge in [-0.3, -0.25) is 5.32 Å². The number of rotatable bonds is 3. The van der Waals surface area contributed by atoms with Crippen LogP contribution in [0.25, 0.3) is 0 Å². The van der Waals surface area contributed by atoms with Crippen molar-refractivity contribution in [2.45, 2.75) is 26.8 Å². The number of nitrogens with one attached hydrogen (secondary N) is 1.